The van der Waals surface area contributed by atoms with Crippen LogP contribution in [0.1, 0.15) is 36.4 Å². The number of benzene rings is 1. The van der Waals surface area contributed by atoms with Crippen LogP contribution >= 0.6 is 11.3 Å². The quantitative estimate of drug-likeness (QED) is 0.802. The largest absolute Gasteiger partial charge is 0.312 e. The molecule has 0 amide bonds. The zero-order valence-corrected chi connectivity index (χ0v) is 13.1. The summed E-state index contributed by atoms with van der Waals surface area (Å²) in [6, 6.07) is 4.89. The zero-order valence-electron chi connectivity index (χ0n) is 12.3. The fourth-order valence-electron chi connectivity index (χ4n) is 2.12. The van der Waals surface area contributed by atoms with Crippen LogP contribution in [0.4, 0.5) is 4.39 Å². The van der Waals surface area contributed by atoms with Crippen molar-refractivity contribution in [2.45, 2.75) is 40.2 Å². The number of nitrogens with zero attached hydrogens (tertiary/aromatic N) is 1. The number of rotatable bonds is 6. The van der Waals surface area contributed by atoms with Crippen LogP contribution in [0, 0.1) is 12.7 Å². The van der Waals surface area contributed by atoms with Gasteiger partial charge in [-0.25, -0.2) is 9.37 Å². The van der Waals surface area contributed by atoms with Crippen molar-refractivity contribution in [1.82, 2.24) is 10.3 Å². The van der Waals surface area contributed by atoms with Gasteiger partial charge in [0.05, 0.1) is 5.69 Å². The van der Waals surface area contributed by atoms with Crippen molar-refractivity contribution in [3.63, 3.8) is 0 Å². The molecule has 2 rings (SSSR count). The SMILES string of the molecule is CCCNCc1sc(-c2cc(F)ccc2C)nc1CC. The molecule has 1 aromatic carbocycles. The molecule has 20 heavy (non-hydrogen) atoms. The smallest absolute Gasteiger partial charge is 0.124 e. The Morgan fingerprint density at radius 2 is 2.10 bits per heavy atom. The lowest BCUT2D eigenvalue weighted by atomic mass is 10.1. The van der Waals surface area contributed by atoms with Crippen molar-refractivity contribution >= 4 is 11.3 Å². The van der Waals surface area contributed by atoms with Gasteiger partial charge in [0.1, 0.15) is 10.8 Å². The van der Waals surface area contributed by atoms with Gasteiger partial charge < -0.3 is 5.32 Å². The summed E-state index contributed by atoms with van der Waals surface area (Å²) in [5, 5.41) is 4.34. The van der Waals surface area contributed by atoms with E-state index in [-0.39, 0.29) is 5.82 Å². The minimum atomic E-state index is -0.204. The Balaban J connectivity index is 2.30. The van der Waals surface area contributed by atoms with Crippen LogP contribution in [0.5, 0.6) is 0 Å². The number of aromatic nitrogens is 1. The molecular weight excluding hydrogens is 271 g/mol. The first-order valence-electron chi connectivity index (χ1n) is 7.11. The van der Waals surface area contributed by atoms with Gasteiger partial charge in [-0.3, -0.25) is 0 Å². The van der Waals surface area contributed by atoms with Crippen molar-refractivity contribution in [3.05, 3.63) is 40.2 Å². The van der Waals surface area contributed by atoms with Gasteiger partial charge in [-0.15, -0.1) is 11.3 Å². The Bertz CT molecular complexity index is 578. The normalized spacial score (nSPS) is 11.0. The van der Waals surface area contributed by atoms with Gasteiger partial charge >= 0.3 is 0 Å². The third kappa shape index (κ3) is 3.44. The predicted molar refractivity (Wildman–Crippen MR) is 83.6 cm³/mol. The summed E-state index contributed by atoms with van der Waals surface area (Å²) in [5.41, 5.74) is 3.10. The number of hydrogen-bond donors (Lipinski definition) is 1. The summed E-state index contributed by atoms with van der Waals surface area (Å²) in [6.07, 6.45) is 2.03. The molecule has 2 nitrogen and oxygen atoms in total. The molecule has 0 aliphatic heterocycles. The van der Waals surface area contributed by atoms with E-state index in [9.17, 15) is 4.39 Å². The molecule has 108 valence electrons. The lowest BCUT2D eigenvalue weighted by molar-refractivity contribution is 0.628. The fourth-order valence-corrected chi connectivity index (χ4v) is 3.32. The van der Waals surface area contributed by atoms with E-state index in [1.807, 2.05) is 13.0 Å². The van der Waals surface area contributed by atoms with Crippen LogP contribution in [-0.2, 0) is 13.0 Å². The summed E-state index contributed by atoms with van der Waals surface area (Å²) in [5.74, 6) is -0.204. The first kappa shape index (κ1) is 15.1. The van der Waals surface area contributed by atoms with Gasteiger partial charge in [0.25, 0.3) is 0 Å². The molecule has 0 saturated carbocycles. The van der Waals surface area contributed by atoms with Crippen LogP contribution in [0.15, 0.2) is 18.2 Å². The molecule has 0 spiro atoms. The second-order valence-corrected chi connectivity index (χ2v) is 5.96. The average molecular weight is 292 g/mol. The van der Waals surface area contributed by atoms with Crippen molar-refractivity contribution in [2.24, 2.45) is 0 Å². The van der Waals surface area contributed by atoms with E-state index in [0.717, 1.165) is 47.8 Å². The number of thiazole rings is 1. The molecule has 0 aliphatic carbocycles. The summed E-state index contributed by atoms with van der Waals surface area (Å²) < 4.78 is 13.4. The highest BCUT2D eigenvalue weighted by atomic mass is 32.1. The second kappa shape index (κ2) is 6.95. The Labute approximate surface area is 124 Å². The maximum Gasteiger partial charge on any atom is 0.124 e. The summed E-state index contributed by atoms with van der Waals surface area (Å²) in [6.45, 7) is 8.12. The van der Waals surface area contributed by atoms with Crippen LogP contribution in [0.3, 0.4) is 0 Å². The third-order valence-electron chi connectivity index (χ3n) is 3.26. The maximum atomic E-state index is 13.4. The topological polar surface area (TPSA) is 24.9 Å². The standard InChI is InChI=1S/C16H21FN2S/c1-4-8-18-10-15-14(5-2)19-16(20-15)13-9-12(17)7-6-11(13)3/h6-7,9,18H,4-5,8,10H2,1-3H3. The Kier molecular flexibility index (Phi) is 5.26. The molecule has 0 fully saturated rings. The van der Waals surface area contributed by atoms with E-state index in [1.54, 1.807) is 17.4 Å². The molecule has 1 heterocycles. The van der Waals surface area contributed by atoms with E-state index in [1.165, 1.54) is 10.9 Å². The first-order chi connectivity index (χ1) is 9.65. The molecular formula is C16H21FN2S. The monoisotopic (exact) mass is 292 g/mol. The highest BCUT2D eigenvalue weighted by Crippen LogP contribution is 2.31. The van der Waals surface area contributed by atoms with Crippen molar-refractivity contribution in [2.75, 3.05) is 6.54 Å². The molecule has 0 radical (unpaired) electrons. The number of halogens is 1. The van der Waals surface area contributed by atoms with Crippen LogP contribution in [0.25, 0.3) is 10.6 Å². The van der Waals surface area contributed by atoms with Crippen molar-refractivity contribution in [1.29, 1.82) is 0 Å². The molecule has 0 unspecified atom stereocenters. The van der Waals surface area contributed by atoms with Crippen molar-refractivity contribution < 1.29 is 4.39 Å². The first-order valence-corrected chi connectivity index (χ1v) is 7.93. The summed E-state index contributed by atoms with van der Waals surface area (Å²) >= 11 is 1.67. The molecule has 1 aromatic heterocycles. The molecule has 4 heteroatoms. The van der Waals surface area contributed by atoms with E-state index in [2.05, 4.69) is 19.2 Å². The second-order valence-electron chi connectivity index (χ2n) is 4.88. The molecule has 0 bridgehead atoms. The predicted octanol–water partition coefficient (Wildman–Crippen LogP) is 4.32. The highest BCUT2D eigenvalue weighted by Gasteiger charge is 2.13. The number of hydrogen-bond acceptors (Lipinski definition) is 3. The van der Waals surface area contributed by atoms with Crippen LogP contribution in [-0.4, -0.2) is 11.5 Å². The Morgan fingerprint density at radius 3 is 2.80 bits per heavy atom. The van der Waals surface area contributed by atoms with E-state index in [0.29, 0.717) is 0 Å². The maximum absolute atomic E-state index is 13.4. The molecule has 0 aliphatic rings. The Morgan fingerprint density at radius 1 is 1.30 bits per heavy atom. The highest BCUT2D eigenvalue weighted by molar-refractivity contribution is 7.15. The van der Waals surface area contributed by atoms with Gasteiger partial charge in [0.2, 0.25) is 0 Å². The van der Waals surface area contributed by atoms with Crippen LogP contribution in [0.2, 0.25) is 0 Å². The summed E-state index contributed by atoms with van der Waals surface area (Å²) in [7, 11) is 0. The number of nitrogens with one attached hydrogen (secondary N) is 1. The lowest BCUT2D eigenvalue weighted by Gasteiger charge is -2.02. The molecule has 0 atom stereocenters. The zero-order chi connectivity index (χ0) is 14.5. The summed E-state index contributed by atoms with van der Waals surface area (Å²) in [4.78, 5) is 5.95. The minimum absolute atomic E-state index is 0.204. The van der Waals surface area contributed by atoms with Gasteiger partial charge in [-0.1, -0.05) is 19.9 Å². The van der Waals surface area contributed by atoms with E-state index in [4.69, 9.17) is 4.98 Å². The van der Waals surface area contributed by atoms with Gasteiger partial charge in [-0.05, 0) is 44.0 Å². The molecule has 1 N–H and O–H groups in total. The van der Waals surface area contributed by atoms with Gasteiger partial charge in [0.15, 0.2) is 0 Å². The molecule has 0 saturated heterocycles. The molecule has 2 aromatic rings. The average Bonchev–Trinajstić information content (AvgIpc) is 2.85. The van der Waals surface area contributed by atoms with E-state index >= 15 is 0 Å². The minimum Gasteiger partial charge on any atom is -0.312 e. The lowest BCUT2D eigenvalue weighted by Crippen LogP contribution is -2.13. The van der Waals surface area contributed by atoms with Crippen molar-refractivity contribution in [3.8, 4) is 10.6 Å². The van der Waals surface area contributed by atoms with Crippen LogP contribution < -0.4 is 5.32 Å². The fraction of sp³-hybridized carbons (Fsp3) is 0.438. The number of aryl methyl sites for hydroxylation is 2. The Hall–Kier alpha value is -1.26. The van der Waals surface area contributed by atoms with E-state index < -0.39 is 0 Å². The third-order valence-corrected chi connectivity index (χ3v) is 4.39. The van der Waals surface area contributed by atoms with Gasteiger partial charge in [-0.2, -0.15) is 0 Å². The van der Waals surface area contributed by atoms with Gasteiger partial charge in [0, 0.05) is 17.0 Å².